The summed E-state index contributed by atoms with van der Waals surface area (Å²) in [5.74, 6) is -0.450. The molecule has 1 rings (SSSR count). The molecule has 1 heterocycles. The molecule has 0 aromatic carbocycles. The number of rotatable bonds is 6. The lowest BCUT2D eigenvalue weighted by molar-refractivity contribution is -0.140. The third-order valence-electron chi connectivity index (χ3n) is 3.05. The summed E-state index contributed by atoms with van der Waals surface area (Å²) < 4.78 is 6.30. The third-order valence-corrected chi connectivity index (χ3v) is 3.05. The van der Waals surface area contributed by atoms with Crippen LogP contribution in [0, 0.1) is 13.8 Å². The van der Waals surface area contributed by atoms with E-state index in [1.807, 2.05) is 20.9 Å². The first-order chi connectivity index (χ1) is 9.45. The number of carbonyl (C=O) groups excluding carboxylic acids is 2. The number of ether oxygens (including phenoxy) is 1. The van der Waals surface area contributed by atoms with Crippen molar-refractivity contribution in [1.82, 2.24) is 15.1 Å². The number of nitrogens with zero attached hydrogens (tertiary/aromatic N) is 2. The highest BCUT2D eigenvalue weighted by atomic mass is 16.5. The summed E-state index contributed by atoms with van der Waals surface area (Å²) in [6.07, 6.45) is 4.11. The summed E-state index contributed by atoms with van der Waals surface area (Å²) in [6, 6.07) is 0. The zero-order valence-electron chi connectivity index (χ0n) is 12.4. The fraction of sp³-hybridized carbons (Fsp3) is 0.500. The molecule has 20 heavy (non-hydrogen) atoms. The molecule has 1 amide bonds. The zero-order valence-corrected chi connectivity index (χ0v) is 12.4. The molecular weight excluding hydrogens is 258 g/mol. The van der Waals surface area contributed by atoms with Crippen LogP contribution in [0.25, 0.3) is 6.08 Å². The van der Waals surface area contributed by atoms with Crippen molar-refractivity contribution in [2.75, 3.05) is 13.7 Å². The Morgan fingerprint density at radius 3 is 2.65 bits per heavy atom. The van der Waals surface area contributed by atoms with E-state index >= 15 is 0 Å². The van der Waals surface area contributed by atoms with Gasteiger partial charge in [0.25, 0.3) is 0 Å². The van der Waals surface area contributed by atoms with Gasteiger partial charge in [0.1, 0.15) is 0 Å². The van der Waals surface area contributed by atoms with E-state index in [1.54, 1.807) is 10.8 Å². The van der Waals surface area contributed by atoms with Gasteiger partial charge in [0.2, 0.25) is 5.91 Å². The minimum absolute atomic E-state index is 0.183. The number of methoxy groups -OCH3 is 1. The first-order valence-electron chi connectivity index (χ1n) is 6.48. The van der Waals surface area contributed by atoms with Crippen LogP contribution in [0.2, 0.25) is 0 Å². The van der Waals surface area contributed by atoms with Gasteiger partial charge in [0.05, 0.1) is 12.8 Å². The van der Waals surface area contributed by atoms with Gasteiger partial charge in [-0.2, -0.15) is 5.10 Å². The van der Waals surface area contributed by atoms with Gasteiger partial charge in [-0.25, -0.2) is 0 Å². The number of esters is 1. The van der Waals surface area contributed by atoms with Gasteiger partial charge in [-0.15, -0.1) is 0 Å². The van der Waals surface area contributed by atoms with Crippen molar-refractivity contribution in [2.24, 2.45) is 7.05 Å². The summed E-state index contributed by atoms with van der Waals surface area (Å²) in [4.78, 5) is 22.5. The number of amides is 1. The highest BCUT2D eigenvalue weighted by Crippen LogP contribution is 2.13. The maximum atomic E-state index is 11.6. The molecule has 6 nitrogen and oxygen atoms in total. The van der Waals surface area contributed by atoms with Crippen LogP contribution in [-0.2, 0) is 21.4 Å². The first-order valence-corrected chi connectivity index (χ1v) is 6.48. The van der Waals surface area contributed by atoms with E-state index < -0.39 is 0 Å². The molecule has 0 atom stereocenters. The molecule has 0 saturated heterocycles. The van der Waals surface area contributed by atoms with Gasteiger partial charge < -0.3 is 10.1 Å². The van der Waals surface area contributed by atoms with Gasteiger partial charge >= 0.3 is 5.97 Å². The van der Waals surface area contributed by atoms with Gasteiger partial charge in [-0.1, -0.05) is 0 Å². The second kappa shape index (κ2) is 7.47. The Morgan fingerprint density at radius 1 is 1.40 bits per heavy atom. The fourth-order valence-corrected chi connectivity index (χ4v) is 1.80. The lowest BCUT2D eigenvalue weighted by Gasteiger charge is -2.01. The van der Waals surface area contributed by atoms with Crippen molar-refractivity contribution in [3.63, 3.8) is 0 Å². The van der Waals surface area contributed by atoms with E-state index in [4.69, 9.17) is 0 Å². The second-order valence-corrected chi connectivity index (χ2v) is 4.51. The Kier molecular flexibility index (Phi) is 5.96. The van der Waals surface area contributed by atoms with E-state index in [1.165, 1.54) is 13.2 Å². The van der Waals surface area contributed by atoms with E-state index in [0.717, 1.165) is 17.0 Å². The van der Waals surface area contributed by atoms with Crippen LogP contribution in [-0.4, -0.2) is 35.3 Å². The van der Waals surface area contributed by atoms with Crippen molar-refractivity contribution >= 4 is 18.0 Å². The number of carbonyl (C=O) groups is 2. The summed E-state index contributed by atoms with van der Waals surface area (Å²) in [5.41, 5.74) is 2.86. The molecule has 1 aromatic heterocycles. The van der Waals surface area contributed by atoms with Crippen molar-refractivity contribution in [3.8, 4) is 0 Å². The molecule has 0 aliphatic carbocycles. The number of hydrogen-bond acceptors (Lipinski definition) is 4. The van der Waals surface area contributed by atoms with Crippen LogP contribution in [0.15, 0.2) is 6.08 Å². The minimum atomic E-state index is -0.267. The Hall–Kier alpha value is -2.11. The predicted octanol–water partition coefficient (Wildman–Crippen LogP) is 1.12. The van der Waals surface area contributed by atoms with Gasteiger partial charge in [-0.05, 0) is 26.3 Å². The van der Waals surface area contributed by atoms with E-state index in [2.05, 4.69) is 15.2 Å². The van der Waals surface area contributed by atoms with E-state index in [-0.39, 0.29) is 11.9 Å². The maximum absolute atomic E-state index is 11.6. The molecule has 0 bridgehead atoms. The molecule has 0 saturated carbocycles. The molecule has 0 aliphatic heterocycles. The molecular formula is C14H21N3O3. The average molecular weight is 279 g/mol. The van der Waals surface area contributed by atoms with Crippen molar-refractivity contribution in [2.45, 2.75) is 26.7 Å². The number of aryl methyl sites for hydroxylation is 2. The summed E-state index contributed by atoms with van der Waals surface area (Å²) in [6.45, 7) is 4.30. The number of aromatic nitrogens is 2. The van der Waals surface area contributed by atoms with Crippen LogP contribution in [0.4, 0.5) is 0 Å². The van der Waals surface area contributed by atoms with Gasteiger partial charge in [-0.3, -0.25) is 14.3 Å². The number of nitrogens with one attached hydrogen (secondary N) is 1. The lowest BCUT2D eigenvalue weighted by atomic mass is 10.2. The Balaban J connectivity index is 2.42. The summed E-state index contributed by atoms with van der Waals surface area (Å²) in [5, 5.41) is 6.99. The highest BCUT2D eigenvalue weighted by molar-refractivity contribution is 5.92. The molecule has 110 valence electrons. The molecule has 0 radical (unpaired) electrons. The quantitative estimate of drug-likeness (QED) is 0.481. The Bertz CT molecular complexity index is 518. The molecule has 0 spiro atoms. The van der Waals surface area contributed by atoms with Crippen LogP contribution in [0.3, 0.4) is 0 Å². The molecule has 1 aromatic rings. The Morgan fingerprint density at radius 2 is 2.10 bits per heavy atom. The van der Waals surface area contributed by atoms with Crippen molar-refractivity contribution in [1.29, 1.82) is 0 Å². The SMILES string of the molecule is COC(=O)CCCNC(=O)/C=C/c1c(C)nn(C)c1C. The monoisotopic (exact) mass is 279 g/mol. The summed E-state index contributed by atoms with van der Waals surface area (Å²) >= 11 is 0. The average Bonchev–Trinajstić information content (AvgIpc) is 2.66. The minimum Gasteiger partial charge on any atom is -0.469 e. The lowest BCUT2D eigenvalue weighted by Crippen LogP contribution is -2.22. The van der Waals surface area contributed by atoms with Gasteiger partial charge in [0.15, 0.2) is 0 Å². The van der Waals surface area contributed by atoms with E-state index in [9.17, 15) is 9.59 Å². The Labute approximate surface area is 118 Å². The molecule has 6 heteroatoms. The van der Waals surface area contributed by atoms with Crippen LogP contribution in [0.1, 0.15) is 29.8 Å². The van der Waals surface area contributed by atoms with E-state index in [0.29, 0.717) is 19.4 Å². The maximum Gasteiger partial charge on any atom is 0.305 e. The normalized spacial score (nSPS) is 10.8. The zero-order chi connectivity index (χ0) is 15.1. The molecule has 0 aliphatic rings. The van der Waals surface area contributed by atoms with Crippen LogP contribution >= 0.6 is 0 Å². The van der Waals surface area contributed by atoms with Crippen LogP contribution in [0.5, 0.6) is 0 Å². The number of hydrogen-bond donors (Lipinski definition) is 1. The predicted molar refractivity (Wildman–Crippen MR) is 76.0 cm³/mol. The van der Waals surface area contributed by atoms with Crippen molar-refractivity contribution < 1.29 is 14.3 Å². The topological polar surface area (TPSA) is 73.2 Å². The highest BCUT2D eigenvalue weighted by Gasteiger charge is 2.06. The molecule has 0 fully saturated rings. The molecule has 1 N–H and O–H groups in total. The van der Waals surface area contributed by atoms with Gasteiger partial charge in [0, 0.05) is 37.3 Å². The first kappa shape index (κ1) is 15.9. The largest absolute Gasteiger partial charge is 0.469 e. The van der Waals surface area contributed by atoms with Crippen molar-refractivity contribution in [3.05, 3.63) is 23.0 Å². The third kappa shape index (κ3) is 4.53. The fourth-order valence-electron chi connectivity index (χ4n) is 1.80. The van der Waals surface area contributed by atoms with Crippen LogP contribution < -0.4 is 5.32 Å². The second-order valence-electron chi connectivity index (χ2n) is 4.51. The smallest absolute Gasteiger partial charge is 0.305 e. The molecule has 0 unspecified atom stereocenters. The standard InChI is InChI=1S/C14H21N3O3/c1-10-12(11(2)17(3)16-10)7-8-13(18)15-9-5-6-14(19)20-4/h7-8H,5-6,9H2,1-4H3,(H,15,18)/b8-7+. The summed E-state index contributed by atoms with van der Waals surface area (Å²) in [7, 11) is 3.22.